The molecule has 2 fully saturated rings. The summed E-state index contributed by atoms with van der Waals surface area (Å²) in [5.41, 5.74) is 0. The second kappa shape index (κ2) is 9.23. The van der Waals surface area contributed by atoms with Crippen molar-refractivity contribution in [3.63, 3.8) is 0 Å². The Kier molecular flexibility index (Phi) is 6.97. The van der Waals surface area contributed by atoms with E-state index in [2.05, 4.69) is 4.90 Å². The zero-order valence-corrected chi connectivity index (χ0v) is 17.0. The van der Waals surface area contributed by atoms with Crippen LogP contribution < -0.4 is 9.47 Å². The van der Waals surface area contributed by atoms with Crippen LogP contribution in [-0.4, -0.2) is 77.3 Å². The Bertz CT molecular complexity index is 713. The van der Waals surface area contributed by atoms with Crippen molar-refractivity contribution in [3.05, 3.63) is 18.2 Å². The molecular weight excluding hydrogens is 368 g/mol. The van der Waals surface area contributed by atoms with Crippen molar-refractivity contribution in [2.75, 3.05) is 53.6 Å². The van der Waals surface area contributed by atoms with Gasteiger partial charge in [-0.3, -0.25) is 0 Å². The van der Waals surface area contributed by atoms with E-state index in [4.69, 9.17) is 14.2 Å². The molecule has 152 valence electrons. The molecule has 0 radical (unpaired) electrons. The fourth-order valence-corrected chi connectivity index (χ4v) is 5.68. The zero-order chi connectivity index (χ0) is 19.3. The Morgan fingerprint density at radius 3 is 2.48 bits per heavy atom. The molecule has 2 aliphatic rings. The van der Waals surface area contributed by atoms with Gasteiger partial charge in [-0.25, -0.2) is 8.42 Å². The Labute approximate surface area is 162 Å². The molecule has 7 nitrogen and oxygen atoms in total. The summed E-state index contributed by atoms with van der Waals surface area (Å²) >= 11 is 0. The van der Waals surface area contributed by atoms with Gasteiger partial charge in [0.2, 0.25) is 10.0 Å². The van der Waals surface area contributed by atoms with Crippen molar-refractivity contribution in [1.29, 1.82) is 0 Å². The van der Waals surface area contributed by atoms with Crippen molar-refractivity contribution in [1.82, 2.24) is 9.21 Å². The highest BCUT2D eigenvalue weighted by Gasteiger charge is 2.35. The summed E-state index contributed by atoms with van der Waals surface area (Å²) in [6.45, 7) is 4.51. The minimum Gasteiger partial charge on any atom is -0.497 e. The van der Waals surface area contributed by atoms with Gasteiger partial charge in [0.25, 0.3) is 0 Å². The smallest absolute Gasteiger partial charge is 0.247 e. The monoisotopic (exact) mass is 398 g/mol. The van der Waals surface area contributed by atoms with Crippen LogP contribution in [0.15, 0.2) is 23.1 Å². The molecule has 3 rings (SSSR count). The Morgan fingerprint density at radius 2 is 1.85 bits per heavy atom. The van der Waals surface area contributed by atoms with Gasteiger partial charge in [-0.1, -0.05) is 0 Å². The predicted molar refractivity (Wildman–Crippen MR) is 103 cm³/mol. The van der Waals surface area contributed by atoms with E-state index in [1.54, 1.807) is 22.5 Å². The second-order valence-corrected chi connectivity index (χ2v) is 8.88. The SMILES string of the molecule is COc1ccc(OC)c(S(=O)(=O)N(CCN2CCCC2)C2CCOCC2)c1. The van der Waals surface area contributed by atoms with Gasteiger partial charge in [0.05, 0.1) is 14.2 Å². The first-order chi connectivity index (χ1) is 13.1. The maximum absolute atomic E-state index is 13.6. The van der Waals surface area contributed by atoms with Crippen LogP contribution in [-0.2, 0) is 14.8 Å². The standard InChI is InChI=1S/C19H30N2O5S/c1-24-17-5-6-18(25-2)19(15-17)27(22,23)21(16-7-13-26-14-8-16)12-11-20-9-3-4-10-20/h5-6,15-16H,3-4,7-14H2,1-2H3. The summed E-state index contributed by atoms with van der Waals surface area (Å²) < 4.78 is 44.9. The Hall–Kier alpha value is -1.35. The molecule has 0 N–H and O–H groups in total. The minimum absolute atomic E-state index is 0.0535. The number of benzene rings is 1. The van der Waals surface area contributed by atoms with Gasteiger partial charge >= 0.3 is 0 Å². The summed E-state index contributed by atoms with van der Waals surface area (Å²) in [7, 11) is -0.702. The van der Waals surface area contributed by atoms with Crippen LogP contribution in [0.25, 0.3) is 0 Å². The molecule has 0 unspecified atom stereocenters. The quantitative estimate of drug-likeness (QED) is 0.667. The largest absolute Gasteiger partial charge is 0.497 e. The van der Waals surface area contributed by atoms with Crippen LogP contribution in [0.3, 0.4) is 0 Å². The number of sulfonamides is 1. The van der Waals surface area contributed by atoms with E-state index in [1.165, 1.54) is 27.1 Å². The number of methoxy groups -OCH3 is 2. The van der Waals surface area contributed by atoms with Gasteiger partial charge < -0.3 is 19.1 Å². The maximum Gasteiger partial charge on any atom is 0.247 e. The van der Waals surface area contributed by atoms with Crippen LogP contribution in [0.1, 0.15) is 25.7 Å². The molecule has 0 spiro atoms. The molecule has 0 amide bonds. The summed E-state index contributed by atoms with van der Waals surface area (Å²) in [5, 5.41) is 0. The van der Waals surface area contributed by atoms with Crippen LogP contribution in [0.2, 0.25) is 0 Å². The molecule has 2 aliphatic heterocycles. The Morgan fingerprint density at radius 1 is 1.15 bits per heavy atom. The lowest BCUT2D eigenvalue weighted by atomic mass is 10.1. The fraction of sp³-hybridized carbons (Fsp3) is 0.684. The van der Waals surface area contributed by atoms with Crippen molar-refractivity contribution in [3.8, 4) is 11.5 Å². The molecule has 0 atom stereocenters. The van der Waals surface area contributed by atoms with Crippen LogP contribution in [0.5, 0.6) is 11.5 Å². The van der Waals surface area contributed by atoms with E-state index in [0.29, 0.717) is 44.1 Å². The third-order valence-electron chi connectivity index (χ3n) is 5.39. The molecule has 27 heavy (non-hydrogen) atoms. The fourth-order valence-electron chi connectivity index (χ4n) is 3.83. The number of rotatable bonds is 8. The summed E-state index contributed by atoms with van der Waals surface area (Å²) in [6.07, 6.45) is 3.80. The number of nitrogens with zero attached hydrogens (tertiary/aromatic N) is 2. The number of ether oxygens (including phenoxy) is 3. The molecule has 0 saturated carbocycles. The molecular formula is C19H30N2O5S. The summed E-state index contributed by atoms with van der Waals surface area (Å²) in [4.78, 5) is 2.50. The number of hydrogen-bond donors (Lipinski definition) is 0. The molecule has 0 aliphatic carbocycles. The summed E-state index contributed by atoms with van der Waals surface area (Å²) in [5.74, 6) is 0.842. The van der Waals surface area contributed by atoms with Crippen molar-refractivity contribution < 1.29 is 22.6 Å². The average molecular weight is 399 g/mol. The van der Waals surface area contributed by atoms with E-state index in [-0.39, 0.29) is 10.9 Å². The van der Waals surface area contributed by atoms with Crippen LogP contribution >= 0.6 is 0 Å². The van der Waals surface area contributed by atoms with Crippen molar-refractivity contribution in [2.24, 2.45) is 0 Å². The molecule has 0 aromatic heterocycles. The first kappa shape index (κ1) is 20.4. The van der Waals surface area contributed by atoms with Crippen molar-refractivity contribution in [2.45, 2.75) is 36.6 Å². The molecule has 1 aromatic rings. The first-order valence-corrected chi connectivity index (χ1v) is 11.0. The van der Waals surface area contributed by atoms with Gasteiger partial charge in [0, 0.05) is 38.4 Å². The van der Waals surface area contributed by atoms with Gasteiger partial charge in [0.15, 0.2) is 0 Å². The lowest BCUT2D eigenvalue weighted by Gasteiger charge is -2.34. The van der Waals surface area contributed by atoms with E-state index in [0.717, 1.165) is 19.6 Å². The third kappa shape index (κ3) is 4.74. The molecule has 2 heterocycles. The molecule has 8 heteroatoms. The van der Waals surface area contributed by atoms with Gasteiger partial charge in [-0.2, -0.15) is 4.31 Å². The zero-order valence-electron chi connectivity index (χ0n) is 16.2. The third-order valence-corrected chi connectivity index (χ3v) is 7.36. The highest BCUT2D eigenvalue weighted by atomic mass is 32.2. The topological polar surface area (TPSA) is 68.3 Å². The van der Waals surface area contributed by atoms with Crippen LogP contribution in [0, 0.1) is 0 Å². The molecule has 1 aromatic carbocycles. The van der Waals surface area contributed by atoms with Gasteiger partial charge in [-0.15, -0.1) is 0 Å². The Balaban J connectivity index is 1.90. The molecule has 2 saturated heterocycles. The second-order valence-electron chi connectivity index (χ2n) is 7.02. The highest BCUT2D eigenvalue weighted by molar-refractivity contribution is 7.89. The van der Waals surface area contributed by atoms with E-state index in [1.807, 2.05) is 0 Å². The average Bonchev–Trinajstić information content (AvgIpc) is 3.22. The summed E-state index contributed by atoms with van der Waals surface area (Å²) in [6, 6.07) is 4.85. The van der Waals surface area contributed by atoms with Crippen LogP contribution in [0.4, 0.5) is 0 Å². The first-order valence-electron chi connectivity index (χ1n) is 9.60. The van der Waals surface area contributed by atoms with Crippen molar-refractivity contribution >= 4 is 10.0 Å². The highest BCUT2D eigenvalue weighted by Crippen LogP contribution is 2.33. The number of likely N-dealkylation sites (tertiary alicyclic amines) is 1. The normalized spacial score (nSPS) is 19.5. The minimum atomic E-state index is -3.72. The number of hydrogen-bond acceptors (Lipinski definition) is 6. The van der Waals surface area contributed by atoms with E-state index < -0.39 is 10.0 Å². The maximum atomic E-state index is 13.6. The van der Waals surface area contributed by atoms with E-state index in [9.17, 15) is 8.42 Å². The lowest BCUT2D eigenvalue weighted by Crippen LogP contribution is -2.46. The lowest BCUT2D eigenvalue weighted by molar-refractivity contribution is 0.0568. The van der Waals surface area contributed by atoms with Gasteiger partial charge in [0.1, 0.15) is 16.4 Å². The molecule has 0 bridgehead atoms. The van der Waals surface area contributed by atoms with E-state index >= 15 is 0 Å². The predicted octanol–water partition coefficient (Wildman–Crippen LogP) is 1.97. The van der Waals surface area contributed by atoms with Gasteiger partial charge in [-0.05, 0) is 50.9 Å².